The zero-order valence-corrected chi connectivity index (χ0v) is 14.0. The fourth-order valence-corrected chi connectivity index (χ4v) is 2.98. The van der Waals surface area contributed by atoms with E-state index >= 15 is 0 Å². The Labute approximate surface area is 140 Å². The number of methoxy groups -OCH3 is 3. The number of hydrogen-bond donors (Lipinski definition) is 1. The van der Waals surface area contributed by atoms with Crippen molar-refractivity contribution in [1.29, 1.82) is 0 Å². The highest BCUT2D eigenvalue weighted by Crippen LogP contribution is 2.50. The molecule has 1 unspecified atom stereocenters. The number of nitrogens with zero attached hydrogens (tertiary/aromatic N) is 2. The average molecular weight is 329 g/mol. The van der Waals surface area contributed by atoms with Crippen LogP contribution in [0.3, 0.4) is 0 Å². The molecule has 0 saturated carbocycles. The number of anilines is 1. The van der Waals surface area contributed by atoms with Crippen molar-refractivity contribution in [3.05, 3.63) is 35.4 Å². The Balaban J connectivity index is 2.23. The summed E-state index contributed by atoms with van der Waals surface area (Å²) in [6.07, 6.45) is 3.77. The van der Waals surface area contributed by atoms with Crippen molar-refractivity contribution in [2.75, 3.05) is 26.6 Å². The minimum atomic E-state index is -0.218. The summed E-state index contributed by atoms with van der Waals surface area (Å²) in [7, 11) is 4.66. The number of aromatic nitrogens is 2. The van der Waals surface area contributed by atoms with Gasteiger partial charge in [0, 0.05) is 36.4 Å². The third kappa shape index (κ3) is 2.62. The molecule has 1 atom stereocenters. The fourth-order valence-electron chi connectivity index (χ4n) is 2.98. The molecule has 3 rings (SSSR count). The highest BCUT2D eigenvalue weighted by Gasteiger charge is 2.33. The predicted molar refractivity (Wildman–Crippen MR) is 88.0 cm³/mol. The van der Waals surface area contributed by atoms with E-state index in [0.717, 1.165) is 11.1 Å². The van der Waals surface area contributed by atoms with Crippen LogP contribution in [0.2, 0.25) is 0 Å². The SMILES string of the molecule is COc1cc2c(c(OC)c1OC)C(c1cnc(C)nc1)CC(=O)N2. The number of benzene rings is 1. The summed E-state index contributed by atoms with van der Waals surface area (Å²) in [5.74, 6) is 1.91. The molecule has 1 aromatic heterocycles. The second kappa shape index (κ2) is 6.35. The Hall–Kier alpha value is -2.83. The summed E-state index contributed by atoms with van der Waals surface area (Å²) in [5, 5.41) is 2.88. The van der Waals surface area contributed by atoms with Crippen molar-refractivity contribution in [3.63, 3.8) is 0 Å². The summed E-state index contributed by atoms with van der Waals surface area (Å²) in [6.45, 7) is 1.82. The van der Waals surface area contributed by atoms with Crippen molar-refractivity contribution in [3.8, 4) is 17.2 Å². The van der Waals surface area contributed by atoms with Gasteiger partial charge in [0.2, 0.25) is 11.7 Å². The predicted octanol–water partition coefficient (Wildman–Crippen LogP) is 2.28. The van der Waals surface area contributed by atoms with E-state index < -0.39 is 0 Å². The maximum Gasteiger partial charge on any atom is 0.225 e. The number of nitrogens with one attached hydrogen (secondary N) is 1. The Kier molecular flexibility index (Phi) is 4.24. The van der Waals surface area contributed by atoms with E-state index in [1.165, 1.54) is 0 Å². The van der Waals surface area contributed by atoms with Gasteiger partial charge in [0.25, 0.3) is 0 Å². The average Bonchev–Trinajstić information content (AvgIpc) is 2.59. The quantitative estimate of drug-likeness (QED) is 0.927. The zero-order chi connectivity index (χ0) is 17.3. The molecule has 0 radical (unpaired) electrons. The molecule has 0 spiro atoms. The van der Waals surface area contributed by atoms with Crippen LogP contribution in [0.25, 0.3) is 0 Å². The molecule has 7 heteroatoms. The Bertz CT molecular complexity index is 774. The molecular weight excluding hydrogens is 310 g/mol. The first-order valence-corrected chi connectivity index (χ1v) is 7.50. The molecule has 0 aliphatic carbocycles. The summed E-state index contributed by atoms with van der Waals surface area (Å²) in [4.78, 5) is 20.7. The first kappa shape index (κ1) is 16.0. The lowest BCUT2D eigenvalue weighted by Gasteiger charge is -2.29. The monoisotopic (exact) mass is 329 g/mol. The van der Waals surface area contributed by atoms with Crippen molar-refractivity contribution >= 4 is 11.6 Å². The lowest BCUT2D eigenvalue weighted by molar-refractivity contribution is -0.116. The minimum absolute atomic E-state index is 0.0812. The van der Waals surface area contributed by atoms with E-state index in [2.05, 4.69) is 15.3 Å². The third-order valence-corrected chi connectivity index (χ3v) is 4.08. The lowest BCUT2D eigenvalue weighted by atomic mass is 9.85. The minimum Gasteiger partial charge on any atom is -0.493 e. The molecule has 1 N–H and O–H groups in total. The van der Waals surface area contributed by atoms with Gasteiger partial charge in [-0.15, -0.1) is 0 Å². The molecule has 24 heavy (non-hydrogen) atoms. The molecule has 1 aliphatic heterocycles. The third-order valence-electron chi connectivity index (χ3n) is 4.08. The number of carbonyl (C=O) groups is 1. The smallest absolute Gasteiger partial charge is 0.225 e. The highest BCUT2D eigenvalue weighted by atomic mass is 16.5. The van der Waals surface area contributed by atoms with E-state index in [-0.39, 0.29) is 18.2 Å². The van der Waals surface area contributed by atoms with Crippen LogP contribution in [0.5, 0.6) is 17.2 Å². The van der Waals surface area contributed by atoms with Crippen LogP contribution < -0.4 is 19.5 Å². The largest absolute Gasteiger partial charge is 0.493 e. The van der Waals surface area contributed by atoms with Crippen LogP contribution in [-0.2, 0) is 4.79 Å². The molecule has 2 heterocycles. The summed E-state index contributed by atoms with van der Waals surface area (Å²) in [6, 6.07) is 1.75. The van der Waals surface area contributed by atoms with Gasteiger partial charge >= 0.3 is 0 Å². The van der Waals surface area contributed by atoms with Crippen LogP contribution in [0.15, 0.2) is 18.5 Å². The van der Waals surface area contributed by atoms with Gasteiger partial charge in [-0.05, 0) is 12.5 Å². The van der Waals surface area contributed by atoms with Crippen LogP contribution in [0.4, 0.5) is 5.69 Å². The lowest BCUT2D eigenvalue weighted by Crippen LogP contribution is -2.24. The van der Waals surface area contributed by atoms with E-state index in [1.54, 1.807) is 39.8 Å². The molecule has 1 amide bonds. The van der Waals surface area contributed by atoms with Crippen LogP contribution in [-0.4, -0.2) is 37.2 Å². The number of aryl methyl sites for hydroxylation is 1. The Morgan fingerprint density at radius 2 is 1.75 bits per heavy atom. The van der Waals surface area contributed by atoms with Crippen LogP contribution >= 0.6 is 0 Å². The van der Waals surface area contributed by atoms with Crippen molar-refractivity contribution in [2.24, 2.45) is 0 Å². The normalized spacial score (nSPS) is 16.2. The van der Waals surface area contributed by atoms with Crippen molar-refractivity contribution < 1.29 is 19.0 Å². The topological polar surface area (TPSA) is 82.6 Å². The van der Waals surface area contributed by atoms with Gasteiger partial charge in [0.05, 0.1) is 27.0 Å². The number of hydrogen-bond acceptors (Lipinski definition) is 6. The molecule has 1 aliphatic rings. The molecule has 2 aromatic rings. The van der Waals surface area contributed by atoms with Gasteiger partial charge in [-0.1, -0.05) is 0 Å². The van der Waals surface area contributed by atoms with Crippen LogP contribution in [0, 0.1) is 6.92 Å². The Morgan fingerprint density at radius 3 is 2.33 bits per heavy atom. The first-order chi connectivity index (χ1) is 11.6. The molecule has 0 bridgehead atoms. The van der Waals surface area contributed by atoms with E-state index in [4.69, 9.17) is 14.2 Å². The number of fused-ring (bicyclic) bond motifs is 1. The van der Waals surface area contributed by atoms with E-state index in [1.807, 2.05) is 6.92 Å². The zero-order valence-electron chi connectivity index (χ0n) is 14.0. The Morgan fingerprint density at radius 1 is 1.08 bits per heavy atom. The van der Waals surface area contributed by atoms with Crippen molar-refractivity contribution in [2.45, 2.75) is 19.3 Å². The summed E-state index contributed by atoms with van der Waals surface area (Å²) >= 11 is 0. The maximum atomic E-state index is 12.2. The van der Waals surface area contributed by atoms with Crippen molar-refractivity contribution in [1.82, 2.24) is 9.97 Å². The van der Waals surface area contributed by atoms with E-state index in [9.17, 15) is 4.79 Å². The van der Waals surface area contributed by atoms with Gasteiger partial charge in [0.15, 0.2) is 11.5 Å². The standard InChI is InChI=1S/C17H19N3O4/c1-9-18-7-10(8-19-9)11-5-14(21)20-12-6-13(22-2)16(23-3)17(24-4)15(11)12/h6-8,11H,5H2,1-4H3,(H,20,21). The number of rotatable bonds is 4. The highest BCUT2D eigenvalue weighted by molar-refractivity contribution is 5.97. The van der Waals surface area contributed by atoms with E-state index in [0.29, 0.717) is 28.8 Å². The van der Waals surface area contributed by atoms with Gasteiger partial charge in [-0.3, -0.25) is 4.79 Å². The molecule has 126 valence electrons. The molecule has 7 nitrogen and oxygen atoms in total. The summed E-state index contributed by atoms with van der Waals surface area (Å²) in [5.41, 5.74) is 2.33. The molecule has 0 fully saturated rings. The van der Waals surface area contributed by atoms with Gasteiger partial charge in [-0.2, -0.15) is 0 Å². The van der Waals surface area contributed by atoms with Gasteiger partial charge < -0.3 is 19.5 Å². The second-order valence-corrected chi connectivity index (χ2v) is 5.48. The number of carbonyl (C=O) groups excluding carboxylic acids is 1. The van der Waals surface area contributed by atoms with Gasteiger partial charge in [-0.25, -0.2) is 9.97 Å². The second-order valence-electron chi connectivity index (χ2n) is 5.48. The van der Waals surface area contributed by atoms with Crippen LogP contribution in [0.1, 0.15) is 29.3 Å². The summed E-state index contributed by atoms with van der Waals surface area (Å²) < 4.78 is 16.4. The fraction of sp³-hybridized carbons (Fsp3) is 0.353. The maximum absolute atomic E-state index is 12.2. The number of ether oxygens (including phenoxy) is 3. The molecule has 0 saturated heterocycles. The molecular formula is C17H19N3O4. The number of amides is 1. The first-order valence-electron chi connectivity index (χ1n) is 7.50. The van der Waals surface area contributed by atoms with Gasteiger partial charge in [0.1, 0.15) is 5.82 Å². The molecule has 1 aromatic carbocycles.